The first-order valence-electron chi connectivity index (χ1n) is 14.0. The van der Waals surface area contributed by atoms with E-state index in [9.17, 15) is 32.7 Å². The number of primary amides is 1. The van der Waals surface area contributed by atoms with Crippen LogP contribution in [0.4, 0.5) is 23.7 Å². The number of alkyl halides is 3. The number of amides is 2. The number of carbonyl (C=O) groups is 3. The number of benzene rings is 1. The van der Waals surface area contributed by atoms with E-state index in [-0.39, 0.29) is 28.7 Å². The van der Waals surface area contributed by atoms with Crippen LogP contribution in [0.1, 0.15) is 87.6 Å². The average molecular weight is 594 g/mol. The number of ether oxygens (including phenoxy) is 1. The van der Waals surface area contributed by atoms with Crippen LogP contribution in [0.15, 0.2) is 18.2 Å². The third-order valence-electron chi connectivity index (χ3n) is 7.85. The molecule has 4 rings (SSSR count). The van der Waals surface area contributed by atoms with Gasteiger partial charge in [-0.2, -0.15) is 18.3 Å². The number of hydrogen-bond acceptors (Lipinski definition) is 6. The van der Waals surface area contributed by atoms with Crippen molar-refractivity contribution in [1.29, 1.82) is 0 Å². The van der Waals surface area contributed by atoms with Crippen molar-refractivity contribution in [3.8, 4) is 5.69 Å². The highest BCUT2D eigenvalue weighted by atomic mass is 19.4. The molecule has 5 N–H and O–H groups in total. The second-order valence-corrected chi connectivity index (χ2v) is 12.9. The summed E-state index contributed by atoms with van der Waals surface area (Å²) in [6.07, 6.45) is -2.65. The molecule has 0 radical (unpaired) electrons. The Balaban J connectivity index is 1.70. The summed E-state index contributed by atoms with van der Waals surface area (Å²) in [5.41, 5.74) is 4.93. The Bertz CT molecular complexity index is 1380. The molecule has 1 heterocycles. The number of nitrogens with two attached hydrogens (primary N) is 1. The molecule has 2 aliphatic rings. The molecule has 10 nitrogen and oxygen atoms in total. The molecule has 1 saturated carbocycles. The third-order valence-corrected chi connectivity index (χ3v) is 7.85. The second kappa shape index (κ2) is 11.1. The lowest BCUT2D eigenvalue weighted by Crippen LogP contribution is -2.50. The average Bonchev–Trinajstić information content (AvgIpc) is 3.44. The molecule has 42 heavy (non-hydrogen) atoms. The molecule has 1 aromatic carbocycles. The largest absolute Gasteiger partial charge is 0.480 e. The van der Waals surface area contributed by atoms with Crippen molar-refractivity contribution < 1.29 is 37.4 Å². The fraction of sp³-hybridized carbons (Fsp3) is 0.586. The highest BCUT2D eigenvalue weighted by Crippen LogP contribution is 2.42. The van der Waals surface area contributed by atoms with Gasteiger partial charge in [0.1, 0.15) is 11.6 Å². The molecule has 13 heteroatoms. The fourth-order valence-electron chi connectivity index (χ4n) is 5.93. The van der Waals surface area contributed by atoms with Crippen LogP contribution >= 0.6 is 0 Å². The van der Waals surface area contributed by atoms with Gasteiger partial charge in [0, 0.05) is 28.9 Å². The molecule has 0 bridgehead atoms. The number of fused-ring (bicyclic) bond motifs is 1. The van der Waals surface area contributed by atoms with Crippen molar-refractivity contribution in [1.82, 2.24) is 15.1 Å². The van der Waals surface area contributed by atoms with Gasteiger partial charge in [0.05, 0.1) is 11.3 Å². The molecule has 1 aromatic heterocycles. The minimum atomic E-state index is -4.63. The van der Waals surface area contributed by atoms with E-state index in [0.29, 0.717) is 43.5 Å². The Morgan fingerprint density at radius 2 is 1.88 bits per heavy atom. The summed E-state index contributed by atoms with van der Waals surface area (Å²) >= 11 is 0. The topological polar surface area (TPSA) is 149 Å². The van der Waals surface area contributed by atoms with Gasteiger partial charge in [0.25, 0.3) is 5.91 Å². The number of carboxylic acids is 1. The van der Waals surface area contributed by atoms with Gasteiger partial charge in [-0.15, -0.1) is 0 Å². The fourth-order valence-corrected chi connectivity index (χ4v) is 5.93. The van der Waals surface area contributed by atoms with E-state index in [2.05, 4.69) is 15.7 Å². The normalized spacial score (nSPS) is 20.9. The van der Waals surface area contributed by atoms with E-state index in [1.165, 1.54) is 22.9 Å². The molecule has 1 unspecified atom stereocenters. The predicted molar refractivity (Wildman–Crippen MR) is 148 cm³/mol. The van der Waals surface area contributed by atoms with Crippen molar-refractivity contribution in [3.05, 3.63) is 40.7 Å². The predicted octanol–water partition coefficient (Wildman–Crippen LogP) is 5.06. The van der Waals surface area contributed by atoms with Gasteiger partial charge in [0.2, 0.25) is 0 Å². The molecule has 0 spiro atoms. The number of rotatable bonds is 7. The molecular formula is C29H38F3N5O5. The van der Waals surface area contributed by atoms with E-state index in [1.807, 2.05) is 13.8 Å². The second-order valence-electron chi connectivity index (χ2n) is 12.9. The number of carboxylic acid groups (broad SMARTS) is 1. The maximum atomic E-state index is 13.9. The maximum absolute atomic E-state index is 13.9. The minimum Gasteiger partial charge on any atom is -0.480 e. The zero-order valence-electron chi connectivity index (χ0n) is 24.4. The Morgan fingerprint density at radius 3 is 2.48 bits per heavy atom. The van der Waals surface area contributed by atoms with Crippen molar-refractivity contribution in [2.24, 2.45) is 17.1 Å². The summed E-state index contributed by atoms with van der Waals surface area (Å²) in [7, 11) is 0. The van der Waals surface area contributed by atoms with Crippen LogP contribution in [0.3, 0.4) is 0 Å². The Labute approximate surface area is 242 Å². The van der Waals surface area contributed by atoms with Crippen LogP contribution in [0.25, 0.3) is 5.69 Å². The summed E-state index contributed by atoms with van der Waals surface area (Å²) in [5, 5.41) is 19.6. The van der Waals surface area contributed by atoms with Crippen LogP contribution in [0.2, 0.25) is 0 Å². The number of aliphatic carboxylic acids is 1. The number of hydrogen-bond donors (Lipinski definition) is 4. The molecule has 0 aliphatic heterocycles. The van der Waals surface area contributed by atoms with E-state index >= 15 is 0 Å². The third kappa shape index (κ3) is 6.81. The highest BCUT2D eigenvalue weighted by Gasteiger charge is 2.43. The van der Waals surface area contributed by atoms with Crippen molar-refractivity contribution in [2.75, 3.05) is 5.32 Å². The molecule has 3 atom stereocenters. The zero-order chi connectivity index (χ0) is 31.2. The molecule has 0 saturated heterocycles. The number of nitrogens with zero attached hydrogens (tertiary/aromatic N) is 2. The number of carbonyl (C=O) groups excluding carboxylic acids is 2. The Kier molecular flexibility index (Phi) is 8.27. The van der Waals surface area contributed by atoms with E-state index in [0.717, 1.165) is 0 Å². The number of anilines is 1. The smallest absolute Gasteiger partial charge is 0.435 e. The van der Waals surface area contributed by atoms with Crippen LogP contribution in [-0.4, -0.2) is 50.5 Å². The van der Waals surface area contributed by atoms with Crippen LogP contribution in [-0.2, 0) is 28.5 Å². The summed E-state index contributed by atoms with van der Waals surface area (Å²) in [4.78, 5) is 36.9. The lowest BCUT2D eigenvalue weighted by Gasteiger charge is -2.30. The van der Waals surface area contributed by atoms with E-state index in [1.54, 1.807) is 20.8 Å². The highest BCUT2D eigenvalue weighted by molar-refractivity contribution is 5.99. The van der Waals surface area contributed by atoms with E-state index in [4.69, 9.17) is 10.5 Å². The number of nitrogens with one attached hydrogen (secondary N) is 2. The van der Waals surface area contributed by atoms with Gasteiger partial charge in [-0.1, -0.05) is 20.3 Å². The van der Waals surface area contributed by atoms with Crippen molar-refractivity contribution in [3.63, 3.8) is 0 Å². The standard InChI is InChI=1S/C29H38F3N5O5/c1-27(2,3)42-26(41)35-22(25(39)40)16-7-6-8-19(16)34-20-13-15(9-10-17(20)24(33)38)37-21-14-28(4,5)12-11-18(21)23(36-37)29(30,31)32/h9-10,13,16,19,22,34H,6-8,11-12,14H2,1-5H3,(H2,33,38)(H,35,41)(H,39,40)/t16-,19-,22?/m0/s1. The first-order chi connectivity index (χ1) is 19.4. The van der Waals surface area contributed by atoms with Gasteiger partial charge in [0.15, 0.2) is 5.69 Å². The monoisotopic (exact) mass is 593 g/mol. The molecule has 1 fully saturated rings. The number of aromatic nitrogens is 2. The summed E-state index contributed by atoms with van der Waals surface area (Å²) in [6.45, 7) is 8.98. The minimum absolute atomic E-state index is 0.0915. The van der Waals surface area contributed by atoms with Crippen molar-refractivity contribution >= 4 is 23.7 Å². The SMILES string of the molecule is CC1(C)CCc2c(C(F)(F)F)nn(-c3ccc(C(N)=O)c(N[C@H]4CCC[C@@H]4C(NC(=O)OC(C)(C)C)C(=O)O)c3)c2C1. The number of alkyl carbamates (subject to hydrolysis) is 1. The lowest BCUT2D eigenvalue weighted by atomic mass is 9.76. The van der Waals surface area contributed by atoms with Gasteiger partial charge >= 0.3 is 18.2 Å². The van der Waals surface area contributed by atoms with Crippen LogP contribution in [0, 0.1) is 11.3 Å². The van der Waals surface area contributed by atoms with Gasteiger partial charge < -0.3 is 26.2 Å². The van der Waals surface area contributed by atoms with Gasteiger partial charge in [-0.05, 0) is 76.5 Å². The molecule has 2 amide bonds. The molecule has 2 aliphatic carbocycles. The molecule has 2 aromatic rings. The maximum Gasteiger partial charge on any atom is 0.435 e. The van der Waals surface area contributed by atoms with Crippen molar-refractivity contribution in [2.45, 2.75) is 97.0 Å². The van der Waals surface area contributed by atoms with Gasteiger partial charge in [-0.25, -0.2) is 14.3 Å². The quantitative estimate of drug-likeness (QED) is 0.351. The lowest BCUT2D eigenvalue weighted by molar-refractivity contribution is -0.142. The molecular weight excluding hydrogens is 555 g/mol. The number of halogens is 3. The first kappa shape index (κ1) is 31.2. The Hall–Kier alpha value is -3.77. The first-order valence-corrected chi connectivity index (χ1v) is 14.0. The zero-order valence-corrected chi connectivity index (χ0v) is 24.4. The van der Waals surface area contributed by atoms with Gasteiger partial charge in [-0.3, -0.25) is 4.79 Å². The van der Waals surface area contributed by atoms with E-state index < -0.39 is 53.4 Å². The summed E-state index contributed by atoms with van der Waals surface area (Å²) < 4.78 is 48.4. The van der Waals surface area contributed by atoms with Crippen LogP contribution in [0.5, 0.6) is 0 Å². The Morgan fingerprint density at radius 1 is 1.19 bits per heavy atom. The van der Waals surface area contributed by atoms with Crippen LogP contribution < -0.4 is 16.4 Å². The summed E-state index contributed by atoms with van der Waals surface area (Å²) in [5.74, 6) is -2.58. The molecule has 230 valence electrons. The summed E-state index contributed by atoms with van der Waals surface area (Å²) in [6, 6.07) is 2.66.